The molecule has 0 aromatic heterocycles. The molecule has 0 spiro atoms. The zero-order valence-electron chi connectivity index (χ0n) is 2.20. The Labute approximate surface area is 52.7 Å². The summed E-state index contributed by atoms with van der Waals surface area (Å²) in [4.78, 5) is 2.05. The molecule has 0 nitrogen and oxygen atoms in total. The van der Waals surface area contributed by atoms with Crippen molar-refractivity contribution in [3.8, 4) is 0 Å². The average molecular weight is 208 g/mol. The van der Waals surface area contributed by atoms with E-state index in [0.717, 1.165) is 0 Å². The normalized spacial score (nSPS) is 1.25. The minimum Gasteiger partial charge on any atom is -1.00 e. The predicted molar refractivity (Wildman–Crippen MR) is 11.6 cm³/mol. The SMILES string of the molecule is [CH3][Sb+2].[Cl-].[Cl-]. The van der Waals surface area contributed by atoms with Gasteiger partial charge in [-0.25, -0.2) is 0 Å². The first-order valence-corrected chi connectivity index (χ1v) is 3.00. The van der Waals surface area contributed by atoms with Crippen LogP contribution in [0, 0.1) is 0 Å². The van der Waals surface area contributed by atoms with Crippen LogP contribution in [0.15, 0.2) is 0 Å². The van der Waals surface area contributed by atoms with Crippen molar-refractivity contribution in [2.75, 3.05) is 0 Å². The van der Waals surface area contributed by atoms with Gasteiger partial charge in [-0.15, -0.1) is 0 Å². The summed E-state index contributed by atoms with van der Waals surface area (Å²) in [6.07, 6.45) is 0. The van der Waals surface area contributed by atoms with Gasteiger partial charge >= 0.3 is 27.9 Å². The summed E-state index contributed by atoms with van der Waals surface area (Å²) in [5, 5.41) is 0. The van der Waals surface area contributed by atoms with Crippen LogP contribution < -0.4 is 24.8 Å². The topological polar surface area (TPSA) is 0 Å². The quantitative estimate of drug-likeness (QED) is 0.348. The van der Waals surface area contributed by atoms with Gasteiger partial charge in [-0.1, -0.05) is 0 Å². The maximum atomic E-state index is 2.05. The molecular weight excluding hydrogens is 205 g/mol. The first-order chi connectivity index (χ1) is 1.00. The third-order valence-corrected chi connectivity index (χ3v) is 0. The van der Waals surface area contributed by atoms with Gasteiger partial charge in [-0.3, -0.25) is 0 Å². The summed E-state index contributed by atoms with van der Waals surface area (Å²) in [5.41, 5.74) is 0. The smallest absolute Gasteiger partial charge is 1.00 e. The molecule has 0 aromatic carbocycles. The molecule has 0 aliphatic heterocycles. The van der Waals surface area contributed by atoms with E-state index in [-0.39, 0.29) is 24.8 Å². The van der Waals surface area contributed by atoms with Crippen molar-refractivity contribution >= 4 is 23.0 Å². The van der Waals surface area contributed by atoms with E-state index in [1.807, 2.05) is 0 Å². The van der Waals surface area contributed by atoms with Crippen LogP contribution >= 0.6 is 0 Å². The number of hydrogen-bond donors (Lipinski definition) is 0. The average Bonchev–Trinajstić information content (AvgIpc) is 1.00. The van der Waals surface area contributed by atoms with Gasteiger partial charge in [-0.05, 0) is 0 Å². The summed E-state index contributed by atoms with van der Waals surface area (Å²) >= 11 is 1.75. The second-order valence-corrected chi connectivity index (χ2v) is 0. The second-order valence-electron chi connectivity index (χ2n) is 0. The maximum absolute atomic E-state index is 2.05. The molecule has 0 saturated heterocycles. The van der Waals surface area contributed by atoms with Gasteiger partial charge in [0.2, 0.25) is 0 Å². The van der Waals surface area contributed by atoms with E-state index in [4.69, 9.17) is 0 Å². The first kappa shape index (κ1) is 18.2. The van der Waals surface area contributed by atoms with E-state index in [1.54, 1.807) is 23.0 Å². The van der Waals surface area contributed by atoms with Crippen molar-refractivity contribution in [2.45, 2.75) is 4.87 Å². The summed E-state index contributed by atoms with van der Waals surface area (Å²) < 4.78 is 0. The minimum atomic E-state index is 0. The Morgan fingerprint density at radius 2 is 1.00 bits per heavy atom. The number of hydrogen-bond acceptors (Lipinski definition) is 0. The molecule has 0 atom stereocenters. The summed E-state index contributed by atoms with van der Waals surface area (Å²) in [5.74, 6) is 0. The second kappa shape index (κ2) is 26.0. The van der Waals surface area contributed by atoms with E-state index in [2.05, 4.69) is 4.87 Å². The van der Waals surface area contributed by atoms with Crippen molar-refractivity contribution in [1.29, 1.82) is 0 Å². The van der Waals surface area contributed by atoms with Crippen LogP contribution in [0.5, 0.6) is 0 Å². The third kappa shape index (κ3) is 10.00. The zero-order chi connectivity index (χ0) is 2.00. The fourth-order valence-corrected chi connectivity index (χ4v) is 0. The molecule has 0 unspecified atom stereocenters. The molecule has 0 amide bonds. The number of halogens is 2. The van der Waals surface area contributed by atoms with Gasteiger partial charge in [0.25, 0.3) is 0 Å². The van der Waals surface area contributed by atoms with Crippen LogP contribution in [0.2, 0.25) is 4.87 Å². The molecule has 3 heteroatoms. The van der Waals surface area contributed by atoms with Gasteiger partial charge in [0, 0.05) is 0 Å². The Kier molecular flexibility index (Phi) is 118. The van der Waals surface area contributed by atoms with E-state index < -0.39 is 0 Å². The number of rotatable bonds is 0. The first-order valence-electron chi connectivity index (χ1n) is 0.447. The van der Waals surface area contributed by atoms with Gasteiger partial charge in [0.05, 0.1) is 0 Å². The standard InChI is InChI=1S/CH3.2ClH.Sb/h1H3;2*1H;/q;;;+2/p-2. The Morgan fingerprint density at radius 3 is 1.00 bits per heavy atom. The monoisotopic (exact) mass is 206 g/mol. The molecule has 0 aromatic rings. The van der Waals surface area contributed by atoms with Crippen LogP contribution in [0.1, 0.15) is 0 Å². The molecule has 0 aliphatic carbocycles. The molecule has 0 fully saturated rings. The van der Waals surface area contributed by atoms with E-state index in [0.29, 0.717) is 0 Å². The largest absolute Gasteiger partial charge is 1.00 e. The Balaban J connectivity index is -0.00000000500. The minimum absolute atomic E-state index is 0. The van der Waals surface area contributed by atoms with Crippen LogP contribution in [0.3, 0.4) is 0 Å². The summed E-state index contributed by atoms with van der Waals surface area (Å²) in [7, 11) is 0. The van der Waals surface area contributed by atoms with E-state index in [9.17, 15) is 0 Å². The van der Waals surface area contributed by atoms with Gasteiger partial charge in [0.15, 0.2) is 0 Å². The van der Waals surface area contributed by atoms with Gasteiger partial charge in [0.1, 0.15) is 0 Å². The van der Waals surface area contributed by atoms with Crippen molar-refractivity contribution in [3.05, 3.63) is 0 Å². The molecule has 0 N–H and O–H groups in total. The predicted octanol–water partition coefficient (Wildman–Crippen LogP) is -5.79. The fourth-order valence-electron chi connectivity index (χ4n) is 0. The Hall–Kier alpha value is 1.40. The van der Waals surface area contributed by atoms with Crippen molar-refractivity contribution < 1.29 is 24.8 Å². The van der Waals surface area contributed by atoms with E-state index >= 15 is 0 Å². The Bertz CT molecular complexity index is 6.00. The maximum Gasteiger partial charge on any atom is -1.00 e. The van der Waals surface area contributed by atoms with Crippen LogP contribution in [0.4, 0.5) is 0 Å². The van der Waals surface area contributed by atoms with Crippen LogP contribution in [-0.2, 0) is 0 Å². The molecule has 0 saturated carbocycles. The summed E-state index contributed by atoms with van der Waals surface area (Å²) in [6, 6.07) is 0. The van der Waals surface area contributed by atoms with E-state index in [1.165, 1.54) is 0 Å². The van der Waals surface area contributed by atoms with Crippen molar-refractivity contribution in [3.63, 3.8) is 0 Å². The van der Waals surface area contributed by atoms with Crippen molar-refractivity contribution in [2.24, 2.45) is 0 Å². The van der Waals surface area contributed by atoms with Crippen molar-refractivity contribution in [1.82, 2.24) is 0 Å². The molecule has 4 heavy (non-hydrogen) atoms. The molecule has 26 valence electrons. The molecule has 0 aliphatic rings. The van der Waals surface area contributed by atoms with Gasteiger partial charge in [-0.2, -0.15) is 0 Å². The molecular formula is CH3Cl2Sb. The zero-order valence-corrected chi connectivity index (χ0v) is 6.27. The summed E-state index contributed by atoms with van der Waals surface area (Å²) in [6.45, 7) is 0. The molecule has 2 radical (unpaired) electrons. The van der Waals surface area contributed by atoms with Gasteiger partial charge < -0.3 is 24.8 Å². The third-order valence-electron chi connectivity index (χ3n) is 0. The van der Waals surface area contributed by atoms with Crippen LogP contribution in [-0.4, -0.2) is 23.0 Å². The fraction of sp³-hybridized carbons (Fsp3) is 1.00. The van der Waals surface area contributed by atoms with Crippen LogP contribution in [0.25, 0.3) is 0 Å². The molecule has 0 bridgehead atoms. The Morgan fingerprint density at radius 1 is 1.00 bits per heavy atom. The molecule has 0 heterocycles. The molecule has 0 rings (SSSR count).